The van der Waals surface area contributed by atoms with Crippen molar-refractivity contribution in [3.8, 4) is 0 Å². The molecule has 1 amide bonds. The minimum atomic E-state index is -0.362. The third-order valence-electron chi connectivity index (χ3n) is 2.80. The standard InChI is InChI=1S/C15H13ClFNO/c1-10(12-3-2-4-13(16)9-12)18-15(19)11-5-7-14(17)8-6-11/h2-10H,1H3,(H,18,19). The van der Waals surface area contributed by atoms with Crippen LogP contribution in [-0.2, 0) is 0 Å². The molecule has 0 aliphatic rings. The summed E-state index contributed by atoms with van der Waals surface area (Å²) >= 11 is 5.91. The first-order chi connectivity index (χ1) is 9.06. The van der Waals surface area contributed by atoms with Gasteiger partial charge in [-0.1, -0.05) is 23.7 Å². The first-order valence-corrected chi connectivity index (χ1v) is 6.26. The highest BCUT2D eigenvalue weighted by molar-refractivity contribution is 6.30. The molecule has 0 aromatic heterocycles. The molecule has 2 aromatic carbocycles. The highest BCUT2D eigenvalue weighted by atomic mass is 35.5. The highest BCUT2D eigenvalue weighted by Gasteiger charge is 2.11. The number of hydrogen-bond acceptors (Lipinski definition) is 1. The summed E-state index contributed by atoms with van der Waals surface area (Å²) < 4.78 is 12.8. The van der Waals surface area contributed by atoms with E-state index in [0.717, 1.165) is 5.56 Å². The predicted molar refractivity (Wildman–Crippen MR) is 73.7 cm³/mol. The Balaban J connectivity index is 2.08. The minimum Gasteiger partial charge on any atom is -0.346 e. The van der Waals surface area contributed by atoms with Crippen LogP contribution in [0, 0.1) is 5.82 Å². The number of carbonyl (C=O) groups excluding carboxylic acids is 1. The summed E-state index contributed by atoms with van der Waals surface area (Å²) in [5.74, 6) is -0.605. The molecule has 4 heteroatoms. The number of carbonyl (C=O) groups is 1. The van der Waals surface area contributed by atoms with Crippen molar-refractivity contribution in [2.24, 2.45) is 0 Å². The van der Waals surface area contributed by atoms with E-state index in [9.17, 15) is 9.18 Å². The van der Waals surface area contributed by atoms with Gasteiger partial charge in [0.05, 0.1) is 6.04 Å². The lowest BCUT2D eigenvalue weighted by atomic mass is 10.1. The molecule has 1 unspecified atom stereocenters. The maximum Gasteiger partial charge on any atom is 0.251 e. The zero-order valence-corrected chi connectivity index (χ0v) is 11.1. The third kappa shape index (κ3) is 3.55. The Morgan fingerprint density at radius 3 is 2.53 bits per heavy atom. The van der Waals surface area contributed by atoms with Crippen LogP contribution in [0.2, 0.25) is 5.02 Å². The van der Waals surface area contributed by atoms with Crippen LogP contribution in [0.3, 0.4) is 0 Å². The molecule has 0 saturated carbocycles. The van der Waals surface area contributed by atoms with Crippen LogP contribution in [0.1, 0.15) is 28.9 Å². The van der Waals surface area contributed by atoms with Gasteiger partial charge in [-0.2, -0.15) is 0 Å². The van der Waals surface area contributed by atoms with Gasteiger partial charge in [0.15, 0.2) is 0 Å². The molecule has 0 heterocycles. The van der Waals surface area contributed by atoms with E-state index in [1.807, 2.05) is 19.1 Å². The van der Waals surface area contributed by atoms with E-state index in [1.54, 1.807) is 12.1 Å². The number of benzene rings is 2. The number of rotatable bonds is 3. The van der Waals surface area contributed by atoms with E-state index < -0.39 is 0 Å². The molecule has 2 aromatic rings. The van der Waals surface area contributed by atoms with Crippen molar-refractivity contribution >= 4 is 17.5 Å². The summed E-state index contributed by atoms with van der Waals surface area (Å²) in [5, 5.41) is 3.46. The molecule has 0 bridgehead atoms. The average molecular weight is 278 g/mol. The number of halogens is 2. The van der Waals surface area contributed by atoms with Crippen molar-refractivity contribution in [3.05, 3.63) is 70.5 Å². The largest absolute Gasteiger partial charge is 0.346 e. The van der Waals surface area contributed by atoms with Crippen LogP contribution >= 0.6 is 11.6 Å². The Morgan fingerprint density at radius 1 is 1.21 bits per heavy atom. The molecule has 98 valence electrons. The van der Waals surface area contributed by atoms with E-state index in [0.29, 0.717) is 10.6 Å². The van der Waals surface area contributed by atoms with Crippen molar-refractivity contribution in [3.63, 3.8) is 0 Å². The lowest BCUT2D eigenvalue weighted by Gasteiger charge is -2.14. The Bertz CT molecular complexity index is 583. The van der Waals surface area contributed by atoms with Gasteiger partial charge in [0.1, 0.15) is 5.82 Å². The topological polar surface area (TPSA) is 29.1 Å². The third-order valence-corrected chi connectivity index (χ3v) is 3.04. The fourth-order valence-corrected chi connectivity index (χ4v) is 1.94. The maximum atomic E-state index is 12.8. The van der Waals surface area contributed by atoms with Gasteiger partial charge in [-0.3, -0.25) is 4.79 Å². The van der Waals surface area contributed by atoms with Gasteiger partial charge in [-0.15, -0.1) is 0 Å². The molecule has 1 N–H and O–H groups in total. The van der Waals surface area contributed by atoms with E-state index >= 15 is 0 Å². The first kappa shape index (κ1) is 13.6. The van der Waals surface area contributed by atoms with Gasteiger partial charge in [-0.25, -0.2) is 4.39 Å². The number of nitrogens with one attached hydrogen (secondary N) is 1. The smallest absolute Gasteiger partial charge is 0.251 e. The van der Waals surface area contributed by atoms with Crippen LogP contribution < -0.4 is 5.32 Å². The average Bonchev–Trinajstić information content (AvgIpc) is 2.39. The zero-order chi connectivity index (χ0) is 13.8. The first-order valence-electron chi connectivity index (χ1n) is 5.88. The summed E-state index contributed by atoms with van der Waals surface area (Å²) in [6, 6.07) is 12.6. The second-order valence-corrected chi connectivity index (χ2v) is 4.69. The molecule has 2 rings (SSSR count). The Labute approximate surface area is 116 Å². The molecule has 0 saturated heterocycles. The summed E-state index contributed by atoms with van der Waals surface area (Å²) in [7, 11) is 0. The second kappa shape index (κ2) is 5.85. The van der Waals surface area contributed by atoms with Gasteiger partial charge in [0, 0.05) is 10.6 Å². The normalized spacial score (nSPS) is 11.9. The van der Waals surface area contributed by atoms with Crippen LogP contribution in [0.25, 0.3) is 0 Å². The number of amides is 1. The van der Waals surface area contributed by atoms with Crippen molar-refractivity contribution < 1.29 is 9.18 Å². The van der Waals surface area contributed by atoms with E-state index in [4.69, 9.17) is 11.6 Å². The molecular weight excluding hydrogens is 265 g/mol. The Morgan fingerprint density at radius 2 is 1.89 bits per heavy atom. The highest BCUT2D eigenvalue weighted by Crippen LogP contribution is 2.17. The molecule has 0 aliphatic carbocycles. The molecular formula is C15H13ClFNO. The molecule has 0 aliphatic heterocycles. The van der Waals surface area contributed by atoms with E-state index in [1.165, 1.54) is 24.3 Å². The van der Waals surface area contributed by atoms with Gasteiger partial charge in [0.2, 0.25) is 0 Å². The SMILES string of the molecule is CC(NC(=O)c1ccc(F)cc1)c1cccc(Cl)c1. The fourth-order valence-electron chi connectivity index (χ4n) is 1.74. The minimum absolute atomic E-state index is 0.170. The van der Waals surface area contributed by atoms with Crippen LogP contribution in [0.4, 0.5) is 4.39 Å². The second-order valence-electron chi connectivity index (χ2n) is 4.26. The van der Waals surface area contributed by atoms with E-state index in [2.05, 4.69) is 5.32 Å². The van der Waals surface area contributed by atoms with Crippen molar-refractivity contribution in [1.29, 1.82) is 0 Å². The maximum absolute atomic E-state index is 12.8. The summed E-state index contributed by atoms with van der Waals surface area (Å²) in [6.07, 6.45) is 0. The van der Waals surface area contributed by atoms with E-state index in [-0.39, 0.29) is 17.8 Å². The Hall–Kier alpha value is -1.87. The van der Waals surface area contributed by atoms with Gasteiger partial charge < -0.3 is 5.32 Å². The summed E-state index contributed by atoms with van der Waals surface area (Å²) in [4.78, 5) is 12.0. The zero-order valence-electron chi connectivity index (χ0n) is 10.4. The van der Waals surface area contributed by atoms with Crippen molar-refractivity contribution in [2.45, 2.75) is 13.0 Å². The van der Waals surface area contributed by atoms with Crippen LogP contribution in [0.15, 0.2) is 48.5 Å². The van der Waals surface area contributed by atoms with Gasteiger partial charge in [-0.05, 0) is 48.9 Å². The number of hydrogen-bond donors (Lipinski definition) is 1. The lowest BCUT2D eigenvalue weighted by molar-refractivity contribution is 0.0940. The fraction of sp³-hybridized carbons (Fsp3) is 0.133. The molecule has 0 radical (unpaired) electrons. The molecule has 2 nitrogen and oxygen atoms in total. The quantitative estimate of drug-likeness (QED) is 0.904. The van der Waals surface area contributed by atoms with Crippen LogP contribution in [0.5, 0.6) is 0 Å². The molecule has 19 heavy (non-hydrogen) atoms. The predicted octanol–water partition coefficient (Wildman–Crippen LogP) is 3.97. The summed E-state index contributed by atoms with van der Waals surface area (Å²) in [6.45, 7) is 1.87. The molecule has 1 atom stereocenters. The lowest BCUT2D eigenvalue weighted by Crippen LogP contribution is -2.26. The van der Waals surface area contributed by atoms with Crippen molar-refractivity contribution in [2.75, 3.05) is 0 Å². The van der Waals surface area contributed by atoms with Crippen molar-refractivity contribution in [1.82, 2.24) is 5.32 Å². The Kier molecular flexibility index (Phi) is 4.17. The molecule has 0 spiro atoms. The van der Waals surface area contributed by atoms with Crippen LogP contribution in [-0.4, -0.2) is 5.91 Å². The molecule has 0 fully saturated rings. The summed E-state index contributed by atoms with van der Waals surface area (Å²) in [5.41, 5.74) is 1.35. The van der Waals surface area contributed by atoms with Gasteiger partial charge in [0.25, 0.3) is 5.91 Å². The monoisotopic (exact) mass is 277 g/mol. The van der Waals surface area contributed by atoms with Gasteiger partial charge >= 0.3 is 0 Å².